The van der Waals surface area contributed by atoms with Gasteiger partial charge in [0.25, 0.3) is 0 Å². The number of piperidine rings is 2. The monoisotopic (exact) mass is 315 g/mol. The van der Waals surface area contributed by atoms with E-state index in [9.17, 15) is 0 Å². The van der Waals surface area contributed by atoms with Crippen LogP contribution in [0.15, 0.2) is 12.1 Å². The highest BCUT2D eigenvalue weighted by Gasteiger charge is 2.31. The summed E-state index contributed by atoms with van der Waals surface area (Å²) in [5.74, 6) is 4.38. The number of rotatable bonds is 4. The number of nitrogens with zero attached hydrogens (tertiary/aromatic N) is 1. The molecule has 2 saturated heterocycles. The molecule has 0 amide bonds. The van der Waals surface area contributed by atoms with Crippen molar-refractivity contribution in [2.24, 2.45) is 11.8 Å². The molecule has 4 heterocycles. The van der Waals surface area contributed by atoms with E-state index in [2.05, 4.69) is 33.4 Å². The van der Waals surface area contributed by atoms with Gasteiger partial charge in [0, 0.05) is 19.0 Å². The van der Waals surface area contributed by atoms with E-state index >= 15 is 0 Å². The zero-order valence-electron chi connectivity index (χ0n) is 13.9. The van der Waals surface area contributed by atoms with Crippen molar-refractivity contribution in [3.8, 4) is 0 Å². The molecule has 126 valence electrons. The SMILES string of the molecule is c1cc2c(nc1NCC1CCNCC1)NCC2C1CCNCC1. The Morgan fingerprint density at radius 2 is 1.74 bits per heavy atom. The molecule has 4 N–H and O–H groups in total. The van der Waals surface area contributed by atoms with Crippen molar-refractivity contribution >= 4 is 11.6 Å². The first-order chi connectivity index (χ1) is 11.4. The van der Waals surface area contributed by atoms with Gasteiger partial charge < -0.3 is 21.3 Å². The first kappa shape index (κ1) is 15.2. The number of aromatic nitrogens is 1. The van der Waals surface area contributed by atoms with E-state index in [4.69, 9.17) is 4.98 Å². The molecule has 3 aliphatic heterocycles. The normalized spacial score (nSPS) is 25.8. The minimum absolute atomic E-state index is 0.651. The second kappa shape index (κ2) is 7.05. The second-order valence-corrected chi connectivity index (χ2v) is 7.28. The van der Waals surface area contributed by atoms with Crippen LogP contribution in [0.25, 0.3) is 0 Å². The van der Waals surface area contributed by atoms with E-state index in [1.54, 1.807) is 0 Å². The summed E-state index contributed by atoms with van der Waals surface area (Å²) in [5.41, 5.74) is 1.43. The summed E-state index contributed by atoms with van der Waals surface area (Å²) in [6, 6.07) is 4.49. The van der Waals surface area contributed by atoms with E-state index in [0.717, 1.165) is 49.7 Å². The van der Waals surface area contributed by atoms with Crippen molar-refractivity contribution in [1.82, 2.24) is 15.6 Å². The van der Waals surface area contributed by atoms with E-state index < -0.39 is 0 Å². The fourth-order valence-corrected chi connectivity index (χ4v) is 4.33. The maximum absolute atomic E-state index is 4.83. The van der Waals surface area contributed by atoms with Crippen molar-refractivity contribution in [2.75, 3.05) is 49.9 Å². The molecule has 23 heavy (non-hydrogen) atoms. The number of hydrogen-bond acceptors (Lipinski definition) is 5. The van der Waals surface area contributed by atoms with Crippen LogP contribution in [0.4, 0.5) is 11.6 Å². The molecule has 0 radical (unpaired) electrons. The lowest BCUT2D eigenvalue weighted by Crippen LogP contribution is -2.31. The molecule has 2 fully saturated rings. The highest BCUT2D eigenvalue weighted by molar-refractivity contribution is 5.57. The lowest BCUT2D eigenvalue weighted by Gasteiger charge is -2.27. The Bertz CT molecular complexity index is 520. The summed E-state index contributed by atoms with van der Waals surface area (Å²) in [5, 5.41) is 14.0. The smallest absolute Gasteiger partial charge is 0.131 e. The quantitative estimate of drug-likeness (QED) is 0.685. The van der Waals surface area contributed by atoms with Crippen molar-refractivity contribution in [2.45, 2.75) is 31.6 Å². The lowest BCUT2D eigenvalue weighted by molar-refractivity contribution is 0.330. The fraction of sp³-hybridized carbons (Fsp3) is 0.722. The maximum Gasteiger partial charge on any atom is 0.131 e. The maximum atomic E-state index is 4.83. The molecule has 0 aliphatic carbocycles. The van der Waals surface area contributed by atoms with Gasteiger partial charge in [-0.2, -0.15) is 0 Å². The van der Waals surface area contributed by atoms with Gasteiger partial charge in [-0.25, -0.2) is 4.98 Å². The van der Waals surface area contributed by atoms with Gasteiger partial charge in [0.05, 0.1) is 0 Å². The molecule has 1 aromatic heterocycles. The third-order valence-electron chi connectivity index (χ3n) is 5.80. The van der Waals surface area contributed by atoms with Crippen LogP contribution in [0, 0.1) is 11.8 Å². The van der Waals surface area contributed by atoms with Crippen LogP contribution in [0.2, 0.25) is 0 Å². The van der Waals surface area contributed by atoms with Crippen molar-refractivity contribution < 1.29 is 0 Å². The Morgan fingerprint density at radius 1 is 1.00 bits per heavy atom. The Kier molecular flexibility index (Phi) is 4.67. The average Bonchev–Trinajstić information content (AvgIpc) is 3.05. The van der Waals surface area contributed by atoms with Gasteiger partial charge in [0.15, 0.2) is 0 Å². The molecule has 3 aliphatic rings. The van der Waals surface area contributed by atoms with Crippen LogP contribution in [0.3, 0.4) is 0 Å². The number of anilines is 2. The van der Waals surface area contributed by atoms with E-state index in [0.29, 0.717) is 5.92 Å². The van der Waals surface area contributed by atoms with Crippen molar-refractivity contribution in [1.29, 1.82) is 0 Å². The molecular formula is C18H29N5. The van der Waals surface area contributed by atoms with Crippen LogP contribution in [-0.2, 0) is 0 Å². The predicted molar refractivity (Wildman–Crippen MR) is 95.1 cm³/mol. The topological polar surface area (TPSA) is 61.0 Å². The van der Waals surface area contributed by atoms with Crippen LogP contribution >= 0.6 is 0 Å². The van der Waals surface area contributed by atoms with Crippen LogP contribution in [0.1, 0.15) is 37.2 Å². The molecule has 0 aromatic carbocycles. The van der Waals surface area contributed by atoms with Crippen LogP contribution in [-0.4, -0.2) is 44.3 Å². The first-order valence-electron chi connectivity index (χ1n) is 9.30. The summed E-state index contributed by atoms with van der Waals surface area (Å²) in [6.45, 7) is 6.75. The Morgan fingerprint density at radius 3 is 2.52 bits per heavy atom. The Balaban J connectivity index is 1.38. The summed E-state index contributed by atoms with van der Waals surface area (Å²) < 4.78 is 0. The highest BCUT2D eigenvalue weighted by atomic mass is 15.1. The van der Waals surface area contributed by atoms with Crippen molar-refractivity contribution in [3.05, 3.63) is 17.7 Å². The van der Waals surface area contributed by atoms with Gasteiger partial charge in [-0.1, -0.05) is 6.07 Å². The van der Waals surface area contributed by atoms with Crippen LogP contribution < -0.4 is 21.3 Å². The van der Waals surface area contributed by atoms with E-state index in [1.807, 2.05) is 0 Å². The molecule has 1 unspecified atom stereocenters. The molecule has 5 nitrogen and oxygen atoms in total. The minimum Gasteiger partial charge on any atom is -0.370 e. The molecule has 4 rings (SSSR count). The minimum atomic E-state index is 0.651. The van der Waals surface area contributed by atoms with Gasteiger partial charge in [0.2, 0.25) is 0 Å². The summed E-state index contributed by atoms with van der Waals surface area (Å²) in [4.78, 5) is 4.83. The van der Waals surface area contributed by atoms with Gasteiger partial charge in [-0.3, -0.25) is 0 Å². The largest absolute Gasteiger partial charge is 0.370 e. The Hall–Kier alpha value is -1.33. The van der Waals surface area contributed by atoms with Gasteiger partial charge >= 0.3 is 0 Å². The van der Waals surface area contributed by atoms with Gasteiger partial charge in [-0.05, 0) is 75.3 Å². The number of nitrogens with one attached hydrogen (secondary N) is 4. The zero-order valence-corrected chi connectivity index (χ0v) is 13.9. The van der Waals surface area contributed by atoms with Gasteiger partial charge in [0.1, 0.15) is 11.6 Å². The first-order valence-corrected chi connectivity index (χ1v) is 9.30. The predicted octanol–water partition coefficient (Wildman–Crippen LogP) is 2.00. The molecule has 0 bridgehead atoms. The summed E-state index contributed by atoms with van der Waals surface area (Å²) >= 11 is 0. The summed E-state index contributed by atoms with van der Waals surface area (Å²) in [6.07, 6.45) is 5.13. The molecule has 5 heteroatoms. The van der Waals surface area contributed by atoms with Gasteiger partial charge in [-0.15, -0.1) is 0 Å². The molecule has 1 aromatic rings. The zero-order chi connectivity index (χ0) is 15.5. The average molecular weight is 315 g/mol. The Labute approximate surface area is 139 Å². The number of hydrogen-bond donors (Lipinski definition) is 4. The number of fused-ring (bicyclic) bond motifs is 1. The molecular weight excluding hydrogens is 286 g/mol. The fourth-order valence-electron chi connectivity index (χ4n) is 4.33. The lowest BCUT2D eigenvalue weighted by atomic mass is 9.82. The third kappa shape index (κ3) is 3.45. The number of pyridine rings is 1. The second-order valence-electron chi connectivity index (χ2n) is 7.28. The van der Waals surface area contributed by atoms with Crippen molar-refractivity contribution in [3.63, 3.8) is 0 Å². The van der Waals surface area contributed by atoms with E-state index in [1.165, 1.54) is 44.3 Å². The van der Waals surface area contributed by atoms with Crippen LogP contribution in [0.5, 0.6) is 0 Å². The molecule has 1 atom stereocenters. The molecule has 0 saturated carbocycles. The standard InChI is InChI=1S/C18H29N5/c1-2-17(21-11-13-3-7-19-8-4-13)23-18-15(1)16(12-22-18)14-5-9-20-10-6-14/h1-2,13-14,16,19-20H,3-12H2,(H2,21,22,23). The highest BCUT2D eigenvalue weighted by Crippen LogP contribution is 2.39. The molecule has 0 spiro atoms. The summed E-state index contributed by atoms with van der Waals surface area (Å²) in [7, 11) is 0. The van der Waals surface area contributed by atoms with E-state index in [-0.39, 0.29) is 0 Å². The third-order valence-corrected chi connectivity index (χ3v) is 5.80.